The minimum atomic E-state index is 0.727. The van der Waals surface area contributed by atoms with E-state index in [1.54, 1.807) is 18.9 Å². The Morgan fingerprint density at radius 1 is 1.21 bits per heavy atom. The molecule has 1 aliphatic heterocycles. The van der Waals surface area contributed by atoms with Gasteiger partial charge in [0.05, 0.1) is 12.5 Å². The summed E-state index contributed by atoms with van der Waals surface area (Å²) < 4.78 is 7.06. The molecule has 5 rings (SSSR count). The molecule has 0 unspecified atom stereocenters. The monoisotopic (exact) mass is 390 g/mol. The van der Waals surface area contributed by atoms with Crippen molar-refractivity contribution in [2.75, 3.05) is 26.2 Å². The van der Waals surface area contributed by atoms with Crippen molar-refractivity contribution in [2.24, 2.45) is 5.92 Å². The highest BCUT2D eigenvalue weighted by molar-refractivity contribution is 5.85. The van der Waals surface area contributed by atoms with Gasteiger partial charge < -0.3 is 19.6 Å². The fraction of sp³-hybridized carbons (Fsp3) is 0.364. The lowest BCUT2D eigenvalue weighted by atomic mass is 10.1. The maximum absolute atomic E-state index is 5.12. The van der Waals surface area contributed by atoms with Gasteiger partial charge in [-0.25, -0.2) is 0 Å². The van der Waals surface area contributed by atoms with Crippen molar-refractivity contribution >= 4 is 10.9 Å². The molecule has 1 aromatic carbocycles. The van der Waals surface area contributed by atoms with Crippen molar-refractivity contribution in [3.63, 3.8) is 0 Å². The van der Waals surface area contributed by atoms with Crippen LogP contribution < -0.4 is 5.32 Å². The predicted molar refractivity (Wildman–Crippen MR) is 112 cm³/mol. The third-order valence-electron chi connectivity index (χ3n) is 5.88. The molecule has 0 amide bonds. The number of H-pyrrole nitrogens is 1. The van der Waals surface area contributed by atoms with Gasteiger partial charge in [-0.3, -0.25) is 4.57 Å². The summed E-state index contributed by atoms with van der Waals surface area (Å²) in [4.78, 5) is 6.00. The maximum atomic E-state index is 5.12. The number of likely N-dealkylation sites (tertiary alicyclic amines) is 1. The molecular weight excluding hydrogens is 364 g/mol. The fourth-order valence-electron chi connectivity index (χ4n) is 4.24. The second-order valence-electron chi connectivity index (χ2n) is 7.88. The molecule has 7 nitrogen and oxygen atoms in total. The number of benzene rings is 1. The van der Waals surface area contributed by atoms with E-state index in [-0.39, 0.29) is 0 Å². The number of aromatic nitrogens is 4. The third kappa shape index (κ3) is 4.11. The Kier molecular flexibility index (Phi) is 5.15. The first kappa shape index (κ1) is 18.1. The van der Waals surface area contributed by atoms with Gasteiger partial charge in [-0.05, 0) is 61.7 Å². The van der Waals surface area contributed by atoms with E-state index in [2.05, 4.69) is 49.8 Å². The molecule has 0 spiro atoms. The van der Waals surface area contributed by atoms with Gasteiger partial charge in [0.25, 0.3) is 0 Å². The van der Waals surface area contributed by atoms with E-state index in [1.165, 1.54) is 41.5 Å². The normalized spacial score (nSPS) is 17.4. The number of aromatic amines is 1. The van der Waals surface area contributed by atoms with Crippen LogP contribution in [0.4, 0.5) is 0 Å². The van der Waals surface area contributed by atoms with Crippen molar-refractivity contribution in [3.8, 4) is 5.69 Å². The summed E-state index contributed by atoms with van der Waals surface area (Å²) in [6.45, 7) is 5.41. The van der Waals surface area contributed by atoms with Crippen LogP contribution in [0.15, 0.2) is 60.1 Å². The second kappa shape index (κ2) is 8.23. The number of nitrogens with zero attached hydrogens (tertiary/aromatic N) is 4. The van der Waals surface area contributed by atoms with Crippen molar-refractivity contribution < 1.29 is 4.42 Å². The van der Waals surface area contributed by atoms with Crippen molar-refractivity contribution in [1.29, 1.82) is 0 Å². The summed E-state index contributed by atoms with van der Waals surface area (Å²) >= 11 is 0. The molecular formula is C22H26N6O. The highest BCUT2D eigenvalue weighted by Gasteiger charge is 2.22. The molecule has 0 aliphatic carbocycles. The van der Waals surface area contributed by atoms with E-state index in [9.17, 15) is 0 Å². The van der Waals surface area contributed by atoms with E-state index < -0.39 is 0 Å². The second-order valence-corrected chi connectivity index (χ2v) is 7.88. The van der Waals surface area contributed by atoms with Gasteiger partial charge in [0.2, 0.25) is 0 Å². The molecule has 1 aliphatic rings. The van der Waals surface area contributed by atoms with Crippen LogP contribution in [0.3, 0.4) is 0 Å². The Hall–Kier alpha value is -2.90. The summed E-state index contributed by atoms with van der Waals surface area (Å²) in [5.41, 5.74) is 4.86. The standard InChI is InChI=1S/C22H26N6O/c1-2-22-21(9-20(1)28-15-25-26-16-28)19(12-24-22)4-7-27-6-3-17(13-27)10-23-11-18-5-8-29-14-18/h1-2,5,8-9,12,14-17,23-24H,3-4,6-7,10-11,13H2/t17-/m0/s1. The molecule has 0 saturated carbocycles. The molecule has 7 heteroatoms. The van der Waals surface area contributed by atoms with Crippen LogP contribution >= 0.6 is 0 Å². The first-order valence-corrected chi connectivity index (χ1v) is 10.2. The Labute approximate surface area is 169 Å². The lowest BCUT2D eigenvalue weighted by Gasteiger charge is -2.16. The lowest BCUT2D eigenvalue weighted by Crippen LogP contribution is -2.27. The zero-order valence-electron chi connectivity index (χ0n) is 16.4. The van der Waals surface area contributed by atoms with Crippen molar-refractivity contribution in [2.45, 2.75) is 19.4 Å². The van der Waals surface area contributed by atoms with Gasteiger partial charge in [0.15, 0.2) is 0 Å². The van der Waals surface area contributed by atoms with E-state index in [1.807, 2.05) is 16.9 Å². The molecule has 2 N–H and O–H groups in total. The van der Waals surface area contributed by atoms with Crippen LogP contribution in [0, 0.1) is 5.92 Å². The number of hydrogen-bond donors (Lipinski definition) is 2. The van der Waals surface area contributed by atoms with Crippen LogP contribution in [0.1, 0.15) is 17.5 Å². The third-order valence-corrected chi connectivity index (χ3v) is 5.88. The molecule has 3 aromatic heterocycles. The zero-order valence-corrected chi connectivity index (χ0v) is 16.4. The predicted octanol–water partition coefficient (Wildman–Crippen LogP) is 3.00. The summed E-state index contributed by atoms with van der Waals surface area (Å²) in [6.07, 6.45) is 11.5. The molecule has 29 heavy (non-hydrogen) atoms. The van der Waals surface area contributed by atoms with Gasteiger partial charge in [-0.2, -0.15) is 0 Å². The van der Waals surface area contributed by atoms with Crippen molar-refractivity contribution in [1.82, 2.24) is 30.0 Å². The molecule has 4 heterocycles. The van der Waals surface area contributed by atoms with E-state index >= 15 is 0 Å². The maximum Gasteiger partial charge on any atom is 0.123 e. The molecule has 0 bridgehead atoms. The van der Waals surface area contributed by atoms with Gasteiger partial charge in [-0.15, -0.1) is 10.2 Å². The number of furan rings is 1. The zero-order chi connectivity index (χ0) is 19.5. The highest BCUT2D eigenvalue weighted by Crippen LogP contribution is 2.23. The molecule has 1 atom stereocenters. The highest BCUT2D eigenvalue weighted by atomic mass is 16.3. The van der Waals surface area contributed by atoms with E-state index in [4.69, 9.17) is 4.42 Å². The van der Waals surface area contributed by atoms with Gasteiger partial charge >= 0.3 is 0 Å². The van der Waals surface area contributed by atoms with Crippen molar-refractivity contribution in [3.05, 3.63) is 66.8 Å². The van der Waals surface area contributed by atoms with Crippen LogP contribution in [-0.4, -0.2) is 50.8 Å². The molecule has 0 radical (unpaired) electrons. The van der Waals surface area contributed by atoms with Crippen LogP contribution in [0.2, 0.25) is 0 Å². The lowest BCUT2D eigenvalue weighted by molar-refractivity contribution is 0.326. The fourth-order valence-corrected chi connectivity index (χ4v) is 4.24. The first-order valence-electron chi connectivity index (χ1n) is 10.2. The molecule has 1 fully saturated rings. The minimum Gasteiger partial charge on any atom is -0.472 e. The largest absolute Gasteiger partial charge is 0.472 e. The van der Waals surface area contributed by atoms with E-state index in [0.717, 1.165) is 37.7 Å². The average Bonchev–Trinajstić information content (AvgIpc) is 3.54. The van der Waals surface area contributed by atoms with Crippen LogP contribution in [0.25, 0.3) is 16.6 Å². The number of fused-ring (bicyclic) bond motifs is 1. The molecule has 150 valence electrons. The van der Waals surface area contributed by atoms with Gasteiger partial charge in [-0.1, -0.05) is 0 Å². The summed E-state index contributed by atoms with van der Waals surface area (Å²) in [5, 5.41) is 12.7. The SMILES string of the molecule is c1cc(CNC[C@@H]2CCN(CCc3c[nH]c4ccc(-n5cnnc5)cc34)C2)co1. The first-order chi connectivity index (χ1) is 14.3. The Morgan fingerprint density at radius 3 is 3.00 bits per heavy atom. The summed E-state index contributed by atoms with van der Waals surface area (Å²) in [5.74, 6) is 0.727. The Balaban J connectivity index is 1.15. The topological polar surface area (TPSA) is 74.9 Å². The van der Waals surface area contributed by atoms with Gasteiger partial charge in [0.1, 0.15) is 12.7 Å². The Morgan fingerprint density at radius 2 is 2.14 bits per heavy atom. The number of hydrogen-bond acceptors (Lipinski definition) is 5. The smallest absolute Gasteiger partial charge is 0.123 e. The van der Waals surface area contributed by atoms with Crippen LogP contribution in [0.5, 0.6) is 0 Å². The average molecular weight is 390 g/mol. The number of rotatable bonds is 8. The molecule has 4 aromatic rings. The van der Waals surface area contributed by atoms with Crippen LogP contribution in [-0.2, 0) is 13.0 Å². The quantitative estimate of drug-likeness (QED) is 0.484. The van der Waals surface area contributed by atoms with E-state index in [0.29, 0.717) is 0 Å². The summed E-state index contributed by atoms with van der Waals surface area (Å²) in [7, 11) is 0. The number of nitrogens with one attached hydrogen (secondary N) is 2. The van der Waals surface area contributed by atoms with Gasteiger partial charge in [0, 0.05) is 48.0 Å². The Bertz CT molecular complexity index is 1040. The minimum absolute atomic E-state index is 0.727. The molecule has 1 saturated heterocycles. The summed E-state index contributed by atoms with van der Waals surface area (Å²) in [6, 6.07) is 8.46.